The molecule has 5 aromatic carbocycles. The van der Waals surface area contributed by atoms with Crippen LogP contribution >= 0.6 is 0 Å². The Bertz CT molecular complexity index is 5080. The van der Waals surface area contributed by atoms with Gasteiger partial charge in [0.05, 0.1) is 46.8 Å². The number of nitrogens with zero attached hydrogens (tertiary/aromatic N) is 5. The van der Waals surface area contributed by atoms with Gasteiger partial charge in [-0.15, -0.1) is 6.58 Å². The summed E-state index contributed by atoms with van der Waals surface area (Å²) in [6.45, 7) is 24.8. The molecule has 5 spiro atoms. The average Bonchev–Trinajstić information content (AvgIpc) is 1.32. The Hall–Kier alpha value is -7.35. The molecule has 3 amide bonds. The molecule has 5 unspecified atom stereocenters. The molecule has 10 N–H and O–H groups in total. The highest BCUT2D eigenvalue weighted by Crippen LogP contribution is 2.70. The maximum atomic E-state index is 12.0. The van der Waals surface area contributed by atoms with Crippen LogP contribution in [0.2, 0.25) is 0 Å². The largest absolute Gasteiger partial charge is 0.487 e. The number of nitrogens with two attached hydrogens (primary N) is 1. The summed E-state index contributed by atoms with van der Waals surface area (Å²) in [4.78, 5) is 47.3. The van der Waals surface area contributed by atoms with E-state index in [1.165, 1.54) is 110 Å². The number of carbonyl (C=O) groups excluding carboxylic acids is 2. The number of carbonyl (C=O) groups is 3. The number of likely N-dealkylation sites (N-methyl/N-ethyl adjacent to an activating group) is 4. The normalized spacial score (nSPS) is 40.2. The molecule has 10 aliphatic heterocycles. The van der Waals surface area contributed by atoms with Gasteiger partial charge in [0, 0.05) is 113 Å². The molecule has 22 heteroatoms. The van der Waals surface area contributed by atoms with Crippen LogP contribution in [0.4, 0.5) is 4.79 Å². The van der Waals surface area contributed by atoms with Crippen LogP contribution in [0.25, 0.3) is 0 Å². The van der Waals surface area contributed by atoms with E-state index in [0.717, 1.165) is 158 Å². The lowest BCUT2D eigenvalue weighted by molar-refractivity contribution is -0.187. The van der Waals surface area contributed by atoms with Crippen molar-refractivity contribution in [2.75, 3.05) is 80.6 Å². The molecule has 10 heterocycles. The van der Waals surface area contributed by atoms with E-state index in [0.29, 0.717) is 54.9 Å². The lowest BCUT2D eigenvalue weighted by Gasteiger charge is -2.63. The molecule has 121 heavy (non-hydrogen) atoms. The van der Waals surface area contributed by atoms with Gasteiger partial charge in [-0.2, -0.15) is 0 Å². The third-order valence-corrected chi connectivity index (χ3v) is 36.2. The minimum atomic E-state index is -0.946. The maximum absolute atomic E-state index is 12.0. The first kappa shape index (κ1) is 80.7. The zero-order chi connectivity index (χ0) is 84.0. The van der Waals surface area contributed by atoms with Crippen molar-refractivity contribution in [3.63, 3.8) is 0 Å². The number of likely N-dealkylation sites (tertiary alicyclic amines) is 5. The van der Waals surface area contributed by atoms with Crippen LogP contribution < -0.4 is 50.7 Å². The molecule has 5 aromatic rings. The number of amides is 3. The minimum absolute atomic E-state index is 0.0158. The van der Waals surface area contributed by atoms with Crippen LogP contribution in [-0.4, -0.2) is 246 Å². The number of ether oxygens (including phenoxy) is 5. The second kappa shape index (κ2) is 28.8. The van der Waals surface area contributed by atoms with E-state index in [1.54, 1.807) is 19.4 Å². The van der Waals surface area contributed by atoms with Crippen molar-refractivity contribution in [1.82, 2.24) is 45.8 Å². The Morgan fingerprint density at radius 3 is 1.26 bits per heavy atom. The summed E-state index contributed by atoms with van der Waals surface area (Å²) >= 11 is 0. The lowest BCUT2D eigenvalue weighted by atomic mass is 9.48. The van der Waals surface area contributed by atoms with Gasteiger partial charge in [-0.05, 0) is 297 Å². The Labute approximate surface area is 714 Å². The third kappa shape index (κ3) is 11.0. The second-order valence-corrected chi connectivity index (χ2v) is 41.3. The van der Waals surface area contributed by atoms with Crippen LogP contribution in [0.15, 0.2) is 73.3 Å². The SMILES string of the molecule is C=CCN1CC[C@@]23c4c5ccc(C)c4O[C@@H]2C(NC(=O)O)CC[C@@H]3[C@@H]1C5.CC(=O)NC1CC[C@@H]2[C@@H]3Cc4ccc(C)c5c4[C@]2(CCN3C)[C@@H]1O5.CC(=O)NC1CC[C@]2(O)[C@@H]3Cc4ccc(C)c5c4[C@]2(CCN3C)[C@@H]1O5.Cc1ccc2c3c1O[C@@H]1C(N)CC[C@]4(O)[C@H](C2)N(C)CC[C@@]314.Cc1ccc2c3c1O[C@@H]1C(NCCO)CC[C@@H]4[C@H](C2)N(C)CC[C@@]314. The fourth-order valence-electron chi connectivity index (χ4n) is 31.4. The smallest absolute Gasteiger partial charge is 0.405 e. The van der Waals surface area contributed by atoms with Crippen molar-refractivity contribution >= 4 is 17.9 Å². The fraction of sp³-hybridized carbons (Fsp3) is 0.646. The number of aryl methyl sites for hydroxylation is 5. The molecule has 10 aliphatic carbocycles. The van der Waals surface area contributed by atoms with E-state index in [9.17, 15) is 34.8 Å². The van der Waals surface area contributed by atoms with Gasteiger partial charge in [-0.1, -0.05) is 66.7 Å². The Morgan fingerprint density at radius 1 is 0.446 bits per heavy atom. The number of hydrogen-bond acceptors (Lipinski definition) is 18. The number of rotatable bonds is 8. The van der Waals surface area contributed by atoms with Gasteiger partial charge in [0.15, 0.2) is 0 Å². The van der Waals surface area contributed by atoms with Crippen LogP contribution in [0.3, 0.4) is 0 Å². The highest BCUT2D eigenvalue weighted by Gasteiger charge is 2.76. The molecule has 22 nitrogen and oxygen atoms in total. The monoisotopic (exact) mass is 1650 g/mol. The van der Waals surface area contributed by atoms with Gasteiger partial charge >= 0.3 is 6.09 Å². The molecule has 648 valence electrons. The number of benzene rings is 5. The van der Waals surface area contributed by atoms with E-state index in [2.05, 4.69) is 176 Å². The molecular formula is C99H130N10O12. The average molecular weight is 1650 g/mol. The Kier molecular flexibility index (Phi) is 19.2. The molecule has 0 radical (unpaired) electrons. The van der Waals surface area contributed by atoms with Crippen molar-refractivity contribution in [3.8, 4) is 28.7 Å². The van der Waals surface area contributed by atoms with Crippen molar-refractivity contribution in [2.45, 2.75) is 306 Å². The van der Waals surface area contributed by atoms with Crippen LogP contribution in [-0.2, 0) is 68.8 Å². The summed E-state index contributed by atoms with van der Waals surface area (Å²) in [5.41, 5.74) is 24.6. The highest BCUT2D eigenvalue weighted by atomic mass is 16.5. The second-order valence-electron chi connectivity index (χ2n) is 41.3. The maximum Gasteiger partial charge on any atom is 0.405 e. The summed E-state index contributed by atoms with van der Waals surface area (Å²) in [5, 5.41) is 55.1. The van der Waals surface area contributed by atoms with Crippen molar-refractivity contribution in [1.29, 1.82) is 0 Å². The lowest BCUT2D eigenvalue weighted by Crippen LogP contribution is -2.77. The van der Waals surface area contributed by atoms with Gasteiger partial charge in [-0.3, -0.25) is 14.5 Å². The van der Waals surface area contributed by atoms with Crippen molar-refractivity contribution in [3.05, 3.63) is 157 Å². The van der Waals surface area contributed by atoms with E-state index < -0.39 is 22.7 Å². The molecule has 20 aliphatic rings. The topological polar surface area (TPSA) is 269 Å². The van der Waals surface area contributed by atoms with Gasteiger partial charge in [0.25, 0.3) is 0 Å². The van der Waals surface area contributed by atoms with Gasteiger partial charge in [0.1, 0.15) is 59.3 Å². The zero-order valence-electron chi connectivity index (χ0n) is 73.1. The van der Waals surface area contributed by atoms with Gasteiger partial charge < -0.3 is 90.7 Å². The fourth-order valence-corrected chi connectivity index (χ4v) is 31.4. The molecule has 25 atom stereocenters. The molecule has 0 aromatic heterocycles. The number of hydrogen-bond donors (Lipinski definition) is 9. The van der Waals surface area contributed by atoms with E-state index >= 15 is 0 Å². The van der Waals surface area contributed by atoms with E-state index in [1.807, 2.05) is 6.08 Å². The van der Waals surface area contributed by atoms with E-state index in [4.69, 9.17) is 29.4 Å². The molecule has 10 fully saturated rings. The summed E-state index contributed by atoms with van der Waals surface area (Å²) in [5.74, 6) is 7.25. The molecule has 10 bridgehead atoms. The first-order chi connectivity index (χ1) is 58.1. The first-order valence-electron chi connectivity index (χ1n) is 46.3. The number of piperidine rings is 5. The number of aliphatic hydroxyl groups excluding tert-OH is 1. The molecular weight excluding hydrogens is 1520 g/mol. The standard InChI is InChI=1S/C21H26N2O3.C20H26N2O3.C20H26N2O2.C20H28N2O2.C18H24N2O2/c1-3-9-23-10-8-21-14-6-7-15(22-20(24)25)19(21)26-18-12(2)4-5-13(17(18)21)11-16(14)23;1-11-4-5-13-10-15-20(24)7-6-14(21-12(2)23)18-19(20,8-9-22(15)3)16(13)17(11)25-18;1-11-4-5-13-10-16-14-6-7-15(21-12(2)23)19-20(14,8-9-22(16)3)17(13)18(11)24-19;1-12-3-4-13-11-16-14-5-6-15(21-8-10-23)19-20(14,7-9-22(16)2)17(13)18(12)24-19;1-10-3-4-11-9-13-18(21)6-5-12(19)16-17(18,7-8-20(13)2)14(11)15(10)22-16/h3-5,14-16,19,22H,1,6-11H2,2H3,(H,24,25);4-5,14-15,18,24H,6-10H2,1-3H3,(H,21,23);4-5,14-16,19H,6-10H2,1-3H3,(H,21,23);3-4,14-16,19,21,23H,5-11H2,1-2H3;3-4,12-13,16,21H,5-9,19H2,1-2H3/t14-,15?,16+,19-,21-;14?,15-,18+,19+,20-;2*14-,15?,16+,19-,20-;12?,13-,16+,17+,18-/m10110/s1. The Balaban J connectivity index is 0.0000000934. The molecule has 5 saturated heterocycles. The summed E-state index contributed by atoms with van der Waals surface area (Å²) < 4.78 is 32.8. The predicted octanol–water partition coefficient (Wildman–Crippen LogP) is 9.03. The van der Waals surface area contributed by atoms with Gasteiger partial charge in [-0.25, -0.2) is 4.79 Å². The number of carboxylic acid groups (broad SMARTS) is 1. The quantitative estimate of drug-likeness (QED) is 0.0656. The van der Waals surface area contributed by atoms with E-state index in [-0.39, 0.29) is 107 Å². The van der Waals surface area contributed by atoms with Gasteiger partial charge in [0.2, 0.25) is 11.8 Å². The number of aliphatic hydroxyl groups is 3. The first-order valence-corrected chi connectivity index (χ1v) is 46.3. The summed E-state index contributed by atoms with van der Waals surface area (Å²) in [6, 6.07) is 24.7. The highest BCUT2D eigenvalue weighted by molar-refractivity contribution is 5.75. The van der Waals surface area contributed by atoms with Crippen LogP contribution in [0.1, 0.15) is 194 Å². The zero-order valence-corrected chi connectivity index (χ0v) is 73.1. The summed E-state index contributed by atoms with van der Waals surface area (Å²) in [6.07, 6.45) is 21.1. The molecule has 25 rings (SSSR count). The van der Waals surface area contributed by atoms with Crippen LogP contribution in [0, 0.1) is 52.4 Å². The van der Waals surface area contributed by atoms with Crippen molar-refractivity contribution in [2.24, 2.45) is 23.5 Å². The Morgan fingerprint density at radius 2 is 0.810 bits per heavy atom. The summed E-state index contributed by atoms with van der Waals surface area (Å²) in [7, 11) is 8.86. The third-order valence-electron chi connectivity index (χ3n) is 36.2. The molecule has 5 saturated carbocycles. The minimum Gasteiger partial charge on any atom is -0.487 e. The number of nitrogens with one attached hydrogen (secondary N) is 4. The predicted molar refractivity (Wildman–Crippen MR) is 463 cm³/mol. The van der Waals surface area contributed by atoms with Crippen LogP contribution in [0.5, 0.6) is 28.7 Å². The van der Waals surface area contributed by atoms with Crippen molar-refractivity contribution < 1.29 is 58.5 Å².